The summed E-state index contributed by atoms with van der Waals surface area (Å²) in [5, 5.41) is 3.16. The molecule has 160 valence electrons. The van der Waals surface area contributed by atoms with Crippen LogP contribution < -0.4 is 14.8 Å². The van der Waals surface area contributed by atoms with Crippen molar-refractivity contribution in [3.8, 4) is 22.9 Å². The first-order valence-corrected chi connectivity index (χ1v) is 10.3. The zero-order valence-electron chi connectivity index (χ0n) is 17.3. The Bertz CT molecular complexity index is 1030. The van der Waals surface area contributed by atoms with Gasteiger partial charge in [-0.1, -0.05) is 18.6 Å². The maximum Gasteiger partial charge on any atom is 0.256 e. The minimum Gasteiger partial charge on any atom is -0.496 e. The second-order valence-corrected chi connectivity index (χ2v) is 7.49. The van der Waals surface area contributed by atoms with Crippen molar-refractivity contribution in [1.29, 1.82) is 0 Å². The Hall–Kier alpha value is -3.48. The van der Waals surface area contributed by atoms with E-state index in [1.807, 2.05) is 12.1 Å². The summed E-state index contributed by atoms with van der Waals surface area (Å²) in [5.41, 5.74) is 1.04. The SMILES string of the molecule is COc1cccc(-c2ncccn2)c1C(=O)N[C@H]1CCC[C@@H]1COc1ccc(F)cc1. The van der Waals surface area contributed by atoms with Crippen molar-refractivity contribution in [3.05, 3.63) is 72.3 Å². The summed E-state index contributed by atoms with van der Waals surface area (Å²) in [6.45, 7) is 0.456. The first-order chi connectivity index (χ1) is 15.2. The molecule has 0 spiro atoms. The van der Waals surface area contributed by atoms with Gasteiger partial charge in [-0.05, 0) is 49.2 Å². The molecule has 1 fully saturated rings. The Labute approximate surface area is 180 Å². The van der Waals surface area contributed by atoms with Gasteiger partial charge in [0.1, 0.15) is 17.3 Å². The minimum absolute atomic E-state index is 0.0256. The van der Waals surface area contributed by atoms with E-state index < -0.39 is 0 Å². The molecule has 31 heavy (non-hydrogen) atoms. The number of hydrogen-bond acceptors (Lipinski definition) is 5. The van der Waals surface area contributed by atoms with E-state index in [0.717, 1.165) is 19.3 Å². The molecule has 2 atom stereocenters. The molecule has 1 N–H and O–H groups in total. The van der Waals surface area contributed by atoms with Crippen LogP contribution >= 0.6 is 0 Å². The Morgan fingerprint density at radius 1 is 1.10 bits per heavy atom. The van der Waals surface area contributed by atoms with Gasteiger partial charge in [0.25, 0.3) is 5.91 Å². The largest absolute Gasteiger partial charge is 0.496 e. The van der Waals surface area contributed by atoms with E-state index in [0.29, 0.717) is 35.1 Å². The number of carbonyl (C=O) groups excluding carboxylic acids is 1. The molecule has 1 amide bonds. The highest BCUT2D eigenvalue weighted by atomic mass is 19.1. The van der Waals surface area contributed by atoms with E-state index in [-0.39, 0.29) is 23.7 Å². The lowest BCUT2D eigenvalue weighted by Crippen LogP contribution is -2.39. The van der Waals surface area contributed by atoms with Gasteiger partial charge >= 0.3 is 0 Å². The summed E-state index contributed by atoms with van der Waals surface area (Å²) in [7, 11) is 1.54. The van der Waals surface area contributed by atoms with Gasteiger partial charge in [0, 0.05) is 29.9 Å². The summed E-state index contributed by atoms with van der Waals surface area (Å²) in [4.78, 5) is 21.9. The first-order valence-electron chi connectivity index (χ1n) is 10.3. The highest BCUT2D eigenvalue weighted by Gasteiger charge is 2.31. The number of ether oxygens (including phenoxy) is 2. The summed E-state index contributed by atoms with van der Waals surface area (Å²) in [5.74, 6) is 1.20. The van der Waals surface area contributed by atoms with E-state index in [4.69, 9.17) is 9.47 Å². The molecule has 7 heteroatoms. The van der Waals surface area contributed by atoms with Crippen LogP contribution in [0.15, 0.2) is 60.9 Å². The van der Waals surface area contributed by atoms with Crippen molar-refractivity contribution < 1.29 is 18.7 Å². The second kappa shape index (κ2) is 9.55. The van der Waals surface area contributed by atoms with Crippen LogP contribution in [0, 0.1) is 11.7 Å². The zero-order chi connectivity index (χ0) is 21.6. The maximum atomic E-state index is 13.3. The molecule has 0 bridgehead atoms. The quantitative estimate of drug-likeness (QED) is 0.617. The fourth-order valence-electron chi connectivity index (χ4n) is 3.96. The van der Waals surface area contributed by atoms with Crippen molar-refractivity contribution in [3.63, 3.8) is 0 Å². The smallest absolute Gasteiger partial charge is 0.256 e. The third-order valence-corrected chi connectivity index (χ3v) is 5.53. The monoisotopic (exact) mass is 421 g/mol. The Balaban J connectivity index is 1.50. The number of benzene rings is 2. The van der Waals surface area contributed by atoms with Gasteiger partial charge in [0.05, 0.1) is 19.3 Å². The van der Waals surface area contributed by atoms with E-state index in [9.17, 15) is 9.18 Å². The Kier molecular flexibility index (Phi) is 6.40. The van der Waals surface area contributed by atoms with E-state index in [1.165, 1.54) is 19.2 Å². The average molecular weight is 421 g/mol. The summed E-state index contributed by atoms with van der Waals surface area (Å²) in [6, 6.07) is 13.1. The predicted octanol–water partition coefficient (Wildman–Crippen LogP) is 4.27. The Morgan fingerprint density at radius 3 is 2.61 bits per heavy atom. The van der Waals surface area contributed by atoms with Crippen LogP contribution in [0.4, 0.5) is 4.39 Å². The predicted molar refractivity (Wildman–Crippen MR) is 115 cm³/mol. The summed E-state index contributed by atoms with van der Waals surface area (Å²) >= 11 is 0. The van der Waals surface area contributed by atoms with Crippen LogP contribution in [-0.4, -0.2) is 35.6 Å². The number of amides is 1. The number of hydrogen-bond donors (Lipinski definition) is 1. The standard InChI is InChI=1S/C24H24FN3O3/c1-30-21-8-3-6-19(23-26-13-4-14-27-23)22(21)24(29)28-20-7-2-5-16(20)15-31-18-11-9-17(25)10-12-18/h3-4,6,8-14,16,20H,2,5,7,15H2,1H3,(H,28,29)/t16-,20+/m1/s1. The van der Waals surface area contributed by atoms with E-state index in [1.54, 1.807) is 36.7 Å². The molecule has 1 aliphatic carbocycles. The summed E-state index contributed by atoms with van der Waals surface area (Å²) < 4.78 is 24.4. The van der Waals surface area contributed by atoms with Crippen LogP contribution in [-0.2, 0) is 0 Å². The lowest BCUT2D eigenvalue weighted by Gasteiger charge is -2.22. The highest BCUT2D eigenvalue weighted by molar-refractivity contribution is 6.03. The maximum absolute atomic E-state index is 13.3. The molecule has 1 aliphatic rings. The van der Waals surface area contributed by atoms with Gasteiger partial charge in [-0.2, -0.15) is 0 Å². The van der Waals surface area contributed by atoms with E-state index in [2.05, 4.69) is 15.3 Å². The average Bonchev–Trinajstić information content (AvgIpc) is 3.25. The van der Waals surface area contributed by atoms with Gasteiger partial charge in [-0.15, -0.1) is 0 Å². The molecule has 1 heterocycles. The normalized spacial score (nSPS) is 17.9. The fourth-order valence-corrected chi connectivity index (χ4v) is 3.96. The third-order valence-electron chi connectivity index (χ3n) is 5.53. The molecule has 0 radical (unpaired) electrons. The fraction of sp³-hybridized carbons (Fsp3) is 0.292. The number of rotatable bonds is 7. The molecular weight excluding hydrogens is 397 g/mol. The van der Waals surface area contributed by atoms with Crippen LogP contribution in [0.2, 0.25) is 0 Å². The van der Waals surface area contributed by atoms with Crippen molar-refractivity contribution in [1.82, 2.24) is 15.3 Å². The number of nitrogens with one attached hydrogen (secondary N) is 1. The molecule has 6 nitrogen and oxygen atoms in total. The highest BCUT2D eigenvalue weighted by Crippen LogP contribution is 2.31. The number of aromatic nitrogens is 2. The lowest BCUT2D eigenvalue weighted by molar-refractivity contribution is 0.0916. The minimum atomic E-state index is -0.298. The molecule has 1 aromatic heterocycles. The van der Waals surface area contributed by atoms with E-state index >= 15 is 0 Å². The molecule has 2 aromatic carbocycles. The zero-order valence-corrected chi connectivity index (χ0v) is 17.3. The molecule has 3 aromatic rings. The van der Waals surface area contributed by atoms with Crippen molar-refractivity contribution in [2.75, 3.05) is 13.7 Å². The van der Waals surface area contributed by atoms with Gasteiger partial charge in [0.15, 0.2) is 5.82 Å². The Morgan fingerprint density at radius 2 is 1.87 bits per heavy atom. The van der Waals surface area contributed by atoms with Crippen molar-refractivity contribution >= 4 is 5.91 Å². The topological polar surface area (TPSA) is 73.3 Å². The van der Waals surface area contributed by atoms with Crippen LogP contribution in [0.25, 0.3) is 11.4 Å². The molecule has 0 unspecified atom stereocenters. The molecule has 1 saturated carbocycles. The van der Waals surface area contributed by atoms with Gasteiger partial charge in [-0.25, -0.2) is 14.4 Å². The van der Waals surface area contributed by atoms with Gasteiger partial charge in [0.2, 0.25) is 0 Å². The van der Waals surface area contributed by atoms with Crippen LogP contribution in [0.5, 0.6) is 11.5 Å². The first kappa shape index (κ1) is 20.8. The van der Waals surface area contributed by atoms with Gasteiger partial charge in [-0.3, -0.25) is 4.79 Å². The second-order valence-electron chi connectivity index (χ2n) is 7.49. The third kappa shape index (κ3) is 4.82. The number of nitrogens with zero attached hydrogens (tertiary/aromatic N) is 2. The molecule has 0 aliphatic heterocycles. The van der Waals surface area contributed by atoms with Crippen molar-refractivity contribution in [2.45, 2.75) is 25.3 Å². The lowest BCUT2D eigenvalue weighted by atomic mass is 10.0. The van der Waals surface area contributed by atoms with Crippen LogP contribution in [0.1, 0.15) is 29.6 Å². The van der Waals surface area contributed by atoms with Crippen LogP contribution in [0.3, 0.4) is 0 Å². The number of halogens is 1. The van der Waals surface area contributed by atoms with Gasteiger partial charge < -0.3 is 14.8 Å². The van der Waals surface area contributed by atoms with Crippen molar-refractivity contribution in [2.24, 2.45) is 5.92 Å². The molecule has 4 rings (SSSR count). The number of methoxy groups -OCH3 is 1. The number of carbonyl (C=O) groups is 1. The molecule has 0 saturated heterocycles. The summed E-state index contributed by atoms with van der Waals surface area (Å²) in [6.07, 6.45) is 6.11. The molecular formula is C24H24FN3O3.